The zero-order valence-corrected chi connectivity index (χ0v) is 10.3. The van der Waals surface area contributed by atoms with Gasteiger partial charge in [-0.2, -0.15) is 0 Å². The number of nitrogens with zero attached hydrogens (tertiary/aromatic N) is 2. The SMILES string of the molecule is Cc1cnc(C)c(NCCc2ccccc2)n1. The third kappa shape index (κ3) is 3.28. The second-order valence-electron chi connectivity index (χ2n) is 4.11. The molecule has 17 heavy (non-hydrogen) atoms. The summed E-state index contributed by atoms with van der Waals surface area (Å²) in [6, 6.07) is 10.4. The topological polar surface area (TPSA) is 37.8 Å². The fraction of sp³-hybridized carbons (Fsp3) is 0.286. The monoisotopic (exact) mass is 227 g/mol. The third-order valence-electron chi connectivity index (χ3n) is 2.62. The highest BCUT2D eigenvalue weighted by Crippen LogP contribution is 2.08. The summed E-state index contributed by atoms with van der Waals surface area (Å²) in [7, 11) is 0. The molecule has 0 aliphatic heterocycles. The van der Waals surface area contributed by atoms with Crippen molar-refractivity contribution in [2.24, 2.45) is 0 Å². The summed E-state index contributed by atoms with van der Waals surface area (Å²) in [5.74, 6) is 0.890. The van der Waals surface area contributed by atoms with Gasteiger partial charge in [0.25, 0.3) is 0 Å². The molecule has 0 spiro atoms. The Morgan fingerprint density at radius 3 is 2.65 bits per heavy atom. The maximum absolute atomic E-state index is 4.43. The second-order valence-corrected chi connectivity index (χ2v) is 4.11. The standard InChI is InChI=1S/C14H17N3/c1-11-10-16-12(2)14(17-11)15-9-8-13-6-4-3-5-7-13/h3-7,10H,8-9H2,1-2H3,(H,15,17). The van der Waals surface area contributed by atoms with Crippen LogP contribution in [0.5, 0.6) is 0 Å². The Labute approximate surface area is 102 Å². The van der Waals surface area contributed by atoms with Gasteiger partial charge in [0, 0.05) is 12.7 Å². The van der Waals surface area contributed by atoms with Crippen LogP contribution in [0.3, 0.4) is 0 Å². The van der Waals surface area contributed by atoms with Crippen LogP contribution in [0.1, 0.15) is 17.0 Å². The summed E-state index contributed by atoms with van der Waals surface area (Å²) in [5, 5.41) is 3.33. The normalized spacial score (nSPS) is 10.2. The molecular formula is C14H17N3. The fourth-order valence-electron chi connectivity index (χ4n) is 1.67. The summed E-state index contributed by atoms with van der Waals surface area (Å²) in [6.07, 6.45) is 2.79. The molecule has 3 heteroatoms. The summed E-state index contributed by atoms with van der Waals surface area (Å²) in [4.78, 5) is 8.71. The Balaban J connectivity index is 1.92. The number of aryl methyl sites for hydroxylation is 2. The lowest BCUT2D eigenvalue weighted by Gasteiger charge is -2.08. The molecule has 0 radical (unpaired) electrons. The summed E-state index contributed by atoms with van der Waals surface area (Å²) in [5.41, 5.74) is 3.22. The molecule has 0 amide bonds. The van der Waals surface area contributed by atoms with E-state index in [1.807, 2.05) is 19.9 Å². The Morgan fingerprint density at radius 2 is 1.88 bits per heavy atom. The van der Waals surface area contributed by atoms with Crippen molar-refractivity contribution < 1.29 is 0 Å². The van der Waals surface area contributed by atoms with Crippen molar-refractivity contribution in [3.63, 3.8) is 0 Å². The van der Waals surface area contributed by atoms with Gasteiger partial charge in [-0.25, -0.2) is 4.98 Å². The van der Waals surface area contributed by atoms with Crippen LogP contribution in [-0.4, -0.2) is 16.5 Å². The number of hydrogen-bond donors (Lipinski definition) is 1. The lowest BCUT2D eigenvalue weighted by molar-refractivity contribution is 0.975. The van der Waals surface area contributed by atoms with E-state index in [4.69, 9.17) is 0 Å². The molecule has 1 heterocycles. The van der Waals surface area contributed by atoms with E-state index in [9.17, 15) is 0 Å². The first kappa shape index (κ1) is 11.6. The smallest absolute Gasteiger partial charge is 0.147 e. The van der Waals surface area contributed by atoms with E-state index in [2.05, 4.69) is 39.6 Å². The van der Waals surface area contributed by atoms with Gasteiger partial charge in [-0.15, -0.1) is 0 Å². The molecule has 1 N–H and O–H groups in total. The molecular weight excluding hydrogens is 210 g/mol. The van der Waals surface area contributed by atoms with Gasteiger partial charge in [0.2, 0.25) is 0 Å². The molecule has 0 saturated heterocycles. The van der Waals surface area contributed by atoms with Crippen LogP contribution in [0.2, 0.25) is 0 Å². The number of rotatable bonds is 4. The van der Waals surface area contributed by atoms with Gasteiger partial charge < -0.3 is 5.32 Å². The quantitative estimate of drug-likeness (QED) is 0.872. The minimum absolute atomic E-state index is 0.878. The molecule has 0 aliphatic carbocycles. The lowest BCUT2D eigenvalue weighted by atomic mass is 10.1. The van der Waals surface area contributed by atoms with Crippen LogP contribution in [0, 0.1) is 13.8 Å². The Bertz CT molecular complexity index is 480. The van der Waals surface area contributed by atoms with E-state index < -0.39 is 0 Å². The number of aromatic nitrogens is 2. The van der Waals surface area contributed by atoms with E-state index in [1.54, 1.807) is 6.20 Å². The minimum atomic E-state index is 0.878. The van der Waals surface area contributed by atoms with Gasteiger partial charge in [-0.3, -0.25) is 4.98 Å². The first-order chi connectivity index (χ1) is 8.25. The van der Waals surface area contributed by atoms with Crippen LogP contribution < -0.4 is 5.32 Å². The number of hydrogen-bond acceptors (Lipinski definition) is 3. The minimum Gasteiger partial charge on any atom is -0.368 e. The summed E-state index contributed by atoms with van der Waals surface area (Å²) in [6.45, 7) is 4.80. The van der Waals surface area contributed by atoms with Crippen molar-refractivity contribution >= 4 is 5.82 Å². The molecule has 2 rings (SSSR count). The van der Waals surface area contributed by atoms with Crippen LogP contribution in [-0.2, 0) is 6.42 Å². The van der Waals surface area contributed by atoms with Crippen molar-refractivity contribution in [1.82, 2.24) is 9.97 Å². The molecule has 0 aliphatic rings. The van der Waals surface area contributed by atoms with E-state index in [0.29, 0.717) is 0 Å². The Morgan fingerprint density at radius 1 is 1.12 bits per heavy atom. The number of benzene rings is 1. The maximum Gasteiger partial charge on any atom is 0.147 e. The van der Waals surface area contributed by atoms with Crippen LogP contribution >= 0.6 is 0 Å². The molecule has 0 unspecified atom stereocenters. The predicted molar refractivity (Wildman–Crippen MR) is 70.1 cm³/mol. The van der Waals surface area contributed by atoms with Crippen molar-refractivity contribution in [1.29, 1.82) is 0 Å². The largest absolute Gasteiger partial charge is 0.368 e. The highest BCUT2D eigenvalue weighted by atomic mass is 15.0. The molecule has 1 aromatic heterocycles. The highest BCUT2D eigenvalue weighted by Gasteiger charge is 2.00. The Hall–Kier alpha value is -1.90. The summed E-state index contributed by atoms with van der Waals surface area (Å²) >= 11 is 0. The molecule has 88 valence electrons. The average molecular weight is 227 g/mol. The predicted octanol–water partition coefficient (Wildman–Crippen LogP) is 2.75. The van der Waals surface area contributed by atoms with Gasteiger partial charge >= 0.3 is 0 Å². The number of nitrogens with one attached hydrogen (secondary N) is 1. The van der Waals surface area contributed by atoms with Crippen molar-refractivity contribution in [3.8, 4) is 0 Å². The molecule has 0 atom stereocenters. The van der Waals surface area contributed by atoms with E-state index >= 15 is 0 Å². The van der Waals surface area contributed by atoms with Gasteiger partial charge in [0.1, 0.15) is 5.82 Å². The number of anilines is 1. The molecule has 0 fully saturated rings. The van der Waals surface area contributed by atoms with E-state index in [-0.39, 0.29) is 0 Å². The van der Waals surface area contributed by atoms with Crippen molar-refractivity contribution in [3.05, 3.63) is 53.5 Å². The van der Waals surface area contributed by atoms with Gasteiger partial charge in [0.15, 0.2) is 0 Å². The molecule has 0 bridgehead atoms. The zero-order chi connectivity index (χ0) is 12.1. The van der Waals surface area contributed by atoms with Crippen LogP contribution in [0.4, 0.5) is 5.82 Å². The van der Waals surface area contributed by atoms with Crippen molar-refractivity contribution in [2.45, 2.75) is 20.3 Å². The second kappa shape index (κ2) is 5.43. The lowest BCUT2D eigenvalue weighted by Crippen LogP contribution is -2.09. The highest BCUT2D eigenvalue weighted by molar-refractivity contribution is 5.39. The first-order valence-corrected chi connectivity index (χ1v) is 5.84. The van der Waals surface area contributed by atoms with Crippen molar-refractivity contribution in [2.75, 3.05) is 11.9 Å². The molecule has 1 aromatic carbocycles. The molecule has 0 saturated carbocycles. The van der Waals surface area contributed by atoms with Gasteiger partial charge in [-0.05, 0) is 25.8 Å². The molecule has 2 aromatic rings. The molecule has 3 nitrogen and oxygen atoms in total. The summed E-state index contributed by atoms with van der Waals surface area (Å²) < 4.78 is 0. The van der Waals surface area contributed by atoms with Crippen LogP contribution in [0.15, 0.2) is 36.5 Å². The zero-order valence-electron chi connectivity index (χ0n) is 10.3. The Kier molecular flexibility index (Phi) is 3.70. The van der Waals surface area contributed by atoms with Gasteiger partial charge in [0.05, 0.1) is 11.4 Å². The van der Waals surface area contributed by atoms with E-state index in [0.717, 1.165) is 30.2 Å². The first-order valence-electron chi connectivity index (χ1n) is 5.84. The average Bonchev–Trinajstić information content (AvgIpc) is 2.35. The van der Waals surface area contributed by atoms with Gasteiger partial charge in [-0.1, -0.05) is 30.3 Å². The fourth-order valence-corrected chi connectivity index (χ4v) is 1.67. The van der Waals surface area contributed by atoms with Crippen LogP contribution in [0.25, 0.3) is 0 Å². The van der Waals surface area contributed by atoms with E-state index in [1.165, 1.54) is 5.56 Å². The third-order valence-corrected chi connectivity index (χ3v) is 2.62. The maximum atomic E-state index is 4.43.